The lowest BCUT2D eigenvalue weighted by Crippen LogP contribution is -2.33. The number of para-hydroxylation sites is 1. The highest BCUT2D eigenvalue weighted by Crippen LogP contribution is 2.47. The van der Waals surface area contributed by atoms with Crippen LogP contribution in [0.3, 0.4) is 0 Å². The fraction of sp³-hybridized carbons (Fsp3) is 0.320. The molecular formula is C25H26N4O5. The molecule has 1 N–H and O–H groups in total. The molecule has 0 bridgehead atoms. The minimum Gasteiger partial charge on any atom is -0.493 e. The van der Waals surface area contributed by atoms with Crippen LogP contribution in [0.2, 0.25) is 0 Å². The second-order valence-electron chi connectivity index (χ2n) is 8.17. The van der Waals surface area contributed by atoms with E-state index >= 15 is 0 Å². The number of nitrogens with zero attached hydrogens (tertiary/aromatic N) is 3. The number of methoxy groups -OCH3 is 4. The predicted molar refractivity (Wildman–Crippen MR) is 125 cm³/mol. The minimum absolute atomic E-state index is 0.0131. The Morgan fingerprint density at radius 1 is 0.941 bits per heavy atom. The Morgan fingerprint density at radius 3 is 2.47 bits per heavy atom. The van der Waals surface area contributed by atoms with Crippen LogP contribution in [0.5, 0.6) is 23.0 Å². The molecule has 1 aliphatic carbocycles. The molecule has 2 heterocycles. The molecular weight excluding hydrogens is 436 g/mol. The summed E-state index contributed by atoms with van der Waals surface area (Å²) in [4.78, 5) is 18.1. The lowest BCUT2D eigenvalue weighted by Gasteiger charge is -2.35. The highest BCUT2D eigenvalue weighted by Gasteiger charge is 2.40. The van der Waals surface area contributed by atoms with Crippen LogP contribution in [-0.4, -0.2) is 49.0 Å². The number of benzene rings is 2. The first-order chi connectivity index (χ1) is 16.6. The van der Waals surface area contributed by atoms with E-state index in [0.717, 1.165) is 16.8 Å². The van der Waals surface area contributed by atoms with Crippen LogP contribution in [0, 0.1) is 0 Å². The quantitative estimate of drug-likeness (QED) is 0.592. The number of allylic oxidation sites excluding steroid dienone is 2. The van der Waals surface area contributed by atoms with Gasteiger partial charge in [-0.15, -0.1) is 0 Å². The van der Waals surface area contributed by atoms with Gasteiger partial charge < -0.3 is 24.3 Å². The van der Waals surface area contributed by atoms with Gasteiger partial charge in [0.25, 0.3) is 0 Å². The van der Waals surface area contributed by atoms with E-state index in [1.54, 1.807) is 33.1 Å². The first-order valence-electron chi connectivity index (χ1n) is 10.9. The second kappa shape index (κ2) is 8.74. The molecule has 0 unspecified atom stereocenters. The Labute approximate surface area is 197 Å². The number of ketones is 1. The summed E-state index contributed by atoms with van der Waals surface area (Å²) >= 11 is 0. The van der Waals surface area contributed by atoms with Crippen molar-refractivity contribution >= 4 is 11.7 Å². The van der Waals surface area contributed by atoms with Crippen molar-refractivity contribution in [1.29, 1.82) is 0 Å². The normalized spacial score (nSPS) is 19.1. The molecule has 0 radical (unpaired) electrons. The second-order valence-corrected chi connectivity index (χ2v) is 8.17. The fourth-order valence-electron chi connectivity index (χ4n) is 4.91. The molecule has 1 aromatic heterocycles. The van der Waals surface area contributed by atoms with Gasteiger partial charge in [0.15, 0.2) is 28.8 Å². The van der Waals surface area contributed by atoms with Crippen molar-refractivity contribution in [1.82, 2.24) is 14.8 Å². The van der Waals surface area contributed by atoms with Crippen LogP contribution >= 0.6 is 0 Å². The number of aromatic nitrogens is 3. The van der Waals surface area contributed by atoms with E-state index in [0.29, 0.717) is 47.4 Å². The molecule has 9 nitrogen and oxygen atoms in total. The number of rotatable bonds is 6. The Kier molecular flexibility index (Phi) is 5.61. The molecule has 5 rings (SSSR count). The third-order valence-electron chi connectivity index (χ3n) is 6.47. The molecule has 2 aliphatic rings. The maximum atomic E-state index is 13.7. The third-order valence-corrected chi connectivity index (χ3v) is 6.47. The molecule has 1 aliphatic heterocycles. The van der Waals surface area contributed by atoms with E-state index in [1.165, 1.54) is 6.33 Å². The molecule has 0 amide bonds. The Balaban J connectivity index is 1.60. The average molecular weight is 463 g/mol. The van der Waals surface area contributed by atoms with Crippen molar-refractivity contribution in [3.05, 3.63) is 65.1 Å². The molecule has 9 heteroatoms. The van der Waals surface area contributed by atoms with Crippen LogP contribution in [-0.2, 0) is 4.79 Å². The SMILES string of the molecule is COc1ccc([C@@H]2CC(=O)C3=C(C2)Nc2ncnn2[C@@H]3c2cccc(OC)c2OC)cc1OC. The summed E-state index contributed by atoms with van der Waals surface area (Å²) in [5.41, 5.74) is 3.31. The van der Waals surface area contributed by atoms with Crippen LogP contribution in [0.1, 0.15) is 35.9 Å². The van der Waals surface area contributed by atoms with Crippen molar-refractivity contribution in [2.24, 2.45) is 0 Å². The number of hydrogen-bond donors (Lipinski definition) is 1. The summed E-state index contributed by atoms with van der Waals surface area (Å²) < 4.78 is 23.8. The zero-order valence-corrected chi connectivity index (χ0v) is 19.5. The molecule has 2 atom stereocenters. The number of anilines is 1. The van der Waals surface area contributed by atoms with E-state index in [1.807, 2.05) is 36.4 Å². The highest BCUT2D eigenvalue weighted by atomic mass is 16.5. The Hall–Kier alpha value is -4.01. The van der Waals surface area contributed by atoms with Crippen LogP contribution in [0.4, 0.5) is 5.95 Å². The van der Waals surface area contributed by atoms with Crippen molar-refractivity contribution in [2.75, 3.05) is 33.8 Å². The van der Waals surface area contributed by atoms with E-state index in [-0.39, 0.29) is 11.7 Å². The Morgan fingerprint density at radius 2 is 1.74 bits per heavy atom. The number of Topliss-reactive ketones (excluding diaryl/α,β-unsaturated/α-hetero) is 1. The number of hydrogen-bond acceptors (Lipinski definition) is 8. The van der Waals surface area contributed by atoms with Gasteiger partial charge in [0.2, 0.25) is 5.95 Å². The van der Waals surface area contributed by atoms with Crippen LogP contribution in [0.15, 0.2) is 54.0 Å². The number of carbonyl (C=O) groups is 1. The van der Waals surface area contributed by atoms with Crippen molar-refractivity contribution < 1.29 is 23.7 Å². The smallest absolute Gasteiger partial charge is 0.226 e. The standard InChI is InChI=1S/C25H26N4O5/c1-31-19-9-8-14(12-21(19)33-3)15-10-17-22(18(30)11-15)23(29-25(28-17)26-13-27-29)16-6-5-7-20(32-2)24(16)34-4/h5-9,12-13,15,23H,10-11H2,1-4H3,(H,26,27,28)/t15-,23+/m0/s1. The average Bonchev–Trinajstić information content (AvgIpc) is 3.34. The van der Waals surface area contributed by atoms with E-state index in [9.17, 15) is 4.79 Å². The maximum Gasteiger partial charge on any atom is 0.226 e. The van der Waals surface area contributed by atoms with Crippen LogP contribution in [0.25, 0.3) is 0 Å². The van der Waals surface area contributed by atoms with Gasteiger partial charge in [-0.2, -0.15) is 10.1 Å². The van der Waals surface area contributed by atoms with Gasteiger partial charge >= 0.3 is 0 Å². The lowest BCUT2D eigenvalue weighted by molar-refractivity contribution is -0.116. The van der Waals surface area contributed by atoms with Gasteiger partial charge in [-0.25, -0.2) is 4.68 Å². The summed E-state index contributed by atoms with van der Waals surface area (Å²) in [5.74, 6) is 3.07. The van der Waals surface area contributed by atoms with Gasteiger partial charge in [-0.05, 0) is 36.1 Å². The van der Waals surface area contributed by atoms with E-state index < -0.39 is 6.04 Å². The summed E-state index contributed by atoms with van der Waals surface area (Å²) in [6, 6.07) is 11.0. The van der Waals surface area contributed by atoms with Crippen molar-refractivity contribution in [3.8, 4) is 23.0 Å². The zero-order valence-electron chi connectivity index (χ0n) is 19.5. The molecule has 34 heavy (non-hydrogen) atoms. The maximum absolute atomic E-state index is 13.7. The van der Waals surface area contributed by atoms with Gasteiger partial charge in [-0.1, -0.05) is 18.2 Å². The largest absolute Gasteiger partial charge is 0.493 e. The monoisotopic (exact) mass is 462 g/mol. The highest BCUT2D eigenvalue weighted by molar-refractivity contribution is 6.00. The van der Waals surface area contributed by atoms with Crippen molar-refractivity contribution in [3.63, 3.8) is 0 Å². The van der Waals surface area contributed by atoms with Crippen molar-refractivity contribution in [2.45, 2.75) is 24.8 Å². The van der Waals surface area contributed by atoms with Gasteiger partial charge in [-0.3, -0.25) is 4.79 Å². The summed E-state index contributed by atoms with van der Waals surface area (Å²) in [6.45, 7) is 0. The Bertz CT molecular complexity index is 1280. The molecule has 0 saturated heterocycles. The lowest BCUT2D eigenvalue weighted by atomic mass is 9.77. The molecule has 0 spiro atoms. The van der Waals surface area contributed by atoms with E-state index in [4.69, 9.17) is 18.9 Å². The van der Waals surface area contributed by atoms with Gasteiger partial charge in [0.05, 0.1) is 28.4 Å². The van der Waals surface area contributed by atoms with Gasteiger partial charge in [0.1, 0.15) is 12.4 Å². The summed E-state index contributed by atoms with van der Waals surface area (Å²) in [7, 11) is 6.40. The van der Waals surface area contributed by atoms with Crippen LogP contribution < -0.4 is 24.3 Å². The molecule has 176 valence electrons. The number of carbonyl (C=O) groups excluding carboxylic acids is 1. The zero-order chi connectivity index (χ0) is 23.8. The summed E-state index contributed by atoms with van der Waals surface area (Å²) in [6.07, 6.45) is 2.49. The number of ether oxygens (including phenoxy) is 4. The summed E-state index contributed by atoms with van der Waals surface area (Å²) in [5, 5.41) is 7.77. The molecule has 0 fully saturated rings. The molecule has 2 aromatic carbocycles. The molecule has 0 saturated carbocycles. The topological polar surface area (TPSA) is 96.7 Å². The van der Waals surface area contributed by atoms with Gasteiger partial charge in [0, 0.05) is 23.3 Å². The third kappa shape index (κ3) is 3.44. The first-order valence-corrected chi connectivity index (χ1v) is 10.9. The fourth-order valence-corrected chi connectivity index (χ4v) is 4.91. The minimum atomic E-state index is -0.474. The number of nitrogens with one attached hydrogen (secondary N) is 1. The molecule has 3 aromatic rings. The number of fused-ring (bicyclic) bond motifs is 1. The van der Waals surface area contributed by atoms with E-state index in [2.05, 4.69) is 15.4 Å². The first kappa shape index (κ1) is 21.8. The predicted octanol–water partition coefficient (Wildman–Crippen LogP) is 3.73.